The summed E-state index contributed by atoms with van der Waals surface area (Å²) in [6.07, 6.45) is 0. The molecule has 4 N–H and O–H groups in total. The van der Waals surface area contributed by atoms with Crippen LogP contribution in [0, 0.1) is 10.1 Å². The summed E-state index contributed by atoms with van der Waals surface area (Å²) in [5, 5.41) is 29.0. The van der Waals surface area contributed by atoms with E-state index >= 15 is 0 Å². The maximum Gasteiger partial charge on any atom is 0.325 e. The molecule has 0 aliphatic heterocycles. The summed E-state index contributed by atoms with van der Waals surface area (Å²) in [7, 11) is 1.17. The summed E-state index contributed by atoms with van der Waals surface area (Å²) < 4.78 is 4.68. The largest absolute Gasteiger partial charge is 0.500 e. The Morgan fingerprint density at radius 2 is 2.22 bits per heavy atom. The number of nitro benzene ring substituents is 1. The number of halogens is 1. The normalized spacial score (nSPS) is 11.9. The fourth-order valence-electron chi connectivity index (χ4n) is 1.38. The summed E-state index contributed by atoms with van der Waals surface area (Å²) in [5.41, 5.74) is 3.94. The quantitative estimate of drug-likeness (QED) is 0.552. The van der Waals surface area contributed by atoms with Gasteiger partial charge in [0.05, 0.1) is 22.6 Å². The van der Waals surface area contributed by atoms with E-state index in [0.717, 1.165) is 6.07 Å². The molecular formula is C9H9ClN2O6. The monoisotopic (exact) mass is 276 g/mol. The van der Waals surface area contributed by atoms with E-state index in [1.54, 1.807) is 0 Å². The molecule has 18 heavy (non-hydrogen) atoms. The number of ether oxygens (including phenoxy) is 1. The first kappa shape index (κ1) is 14.0. The SMILES string of the molecule is COc1cc(Cl)c([C@H](N)C(=O)O)c([N+](=O)[O-])c1O. The van der Waals surface area contributed by atoms with E-state index in [4.69, 9.17) is 22.4 Å². The van der Waals surface area contributed by atoms with E-state index in [9.17, 15) is 20.0 Å². The Bertz CT molecular complexity index is 518. The standard InChI is InChI=1S/C9H9ClN2O6/c1-18-4-2-3(10)5(6(11)9(14)15)7(8(4)13)12(16)17/h2,6,13H,11H2,1H3,(H,14,15)/t6-/m0/s1. The first-order chi connectivity index (χ1) is 8.31. The molecule has 0 amide bonds. The van der Waals surface area contributed by atoms with Crippen LogP contribution in [0.3, 0.4) is 0 Å². The van der Waals surface area contributed by atoms with Crippen LogP contribution >= 0.6 is 11.6 Å². The van der Waals surface area contributed by atoms with Gasteiger partial charge < -0.3 is 20.7 Å². The van der Waals surface area contributed by atoms with Gasteiger partial charge in [0, 0.05) is 6.07 Å². The van der Waals surface area contributed by atoms with Gasteiger partial charge in [0.15, 0.2) is 5.75 Å². The van der Waals surface area contributed by atoms with E-state index in [0.29, 0.717) is 0 Å². The minimum atomic E-state index is -1.73. The van der Waals surface area contributed by atoms with Crippen LogP contribution in [0.4, 0.5) is 5.69 Å². The number of hydrogen-bond acceptors (Lipinski definition) is 6. The number of carboxylic acid groups (broad SMARTS) is 1. The van der Waals surface area contributed by atoms with E-state index < -0.39 is 33.9 Å². The lowest BCUT2D eigenvalue weighted by atomic mass is 10.0. The van der Waals surface area contributed by atoms with E-state index in [-0.39, 0.29) is 10.8 Å². The van der Waals surface area contributed by atoms with Gasteiger partial charge in [-0.05, 0) is 0 Å². The van der Waals surface area contributed by atoms with Gasteiger partial charge in [-0.3, -0.25) is 14.9 Å². The predicted octanol–water partition coefficient (Wildman–Crippen LogP) is 1.05. The minimum Gasteiger partial charge on any atom is -0.500 e. The second-order valence-corrected chi connectivity index (χ2v) is 3.65. The highest BCUT2D eigenvalue weighted by atomic mass is 35.5. The van der Waals surface area contributed by atoms with Crippen LogP contribution in [0.1, 0.15) is 11.6 Å². The first-order valence-corrected chi connectivity index (χ1v) is 4.91. The van der Waals surface area contributed by atoms with Crippen molar-refractivity contribution in [1.29, 1.82) is 0 Å². The number of aromatic hydroxyl groups is 1. The van der Waals surface area contributed by atoms with Gasteiger partial charge in [0.2, 0.25) is 5.75 Å². The van der Waals surface area contributed by atoms with Crippen molar-refractivity contribution in [2.45, 2.75) is 6.04 Å². The molecule has 0 spiro atoms. The third-order valence-electron chi connectivity index (χ3n) is 2.21. The average Bonchev–Trinajstić information content (AvgIpc) is 2.29. The van der Waals surface area contributed by atoms with E-state index in [2.05, 4.69) is 4.74 Å². The molecule has 0 aromatic heterocycles. The van der Waals surface area contributed by atoms with Crippen molar-refractivity contribution in [3.05, 3.63) is 26.8 Å². The number of phenolic OH excluding ortho intramolecular Hbond substituents is 1. The zero-order valence-corrected chi connectivity index (χ0v) is 9.84. The summed E-state index contributed by atoms with van der Waals surface area (Å²) in [5.74, 6) is -2.57. The topological polar surface area (TPSA) is 136 Å². The molecule has 0 aliphatic carbocycles. The number of phenols is 1. The van der Waals surface area contributed by atoms with Crippen LogP contribution in [0.25, 0.3) is 0 Å². The second kappa shape index (κ2) is 5.07. The maximum atomic E-state index is 10.9. The van der Waals surface area contributed by atoms with Crippen molar-refractivity contribution in [1.82, 2.24) is 0 Å². The average molecular weight is 277 g/mol. The molecule has 98 valence electrons. The lowest BCUT2D eigenvalue weighted by Crippen LogP contribution is -2.22. The molecule has 1 aromatic carbocycles. The first-order valence-electron chi connectivity index (χ1n) is 4.53. The van der Waals surface area contributed by atoms with Gasteiger partial charge in [-0.15, -0.1) is 0 Å². The molecule has 1 aromatic rings. The highest BCUT2D eigenvalue weighted by Gasteiger charge is 2.33. The Kier molecular flexibility index (Phi) is 3.94. The lowest BCUT2D eigenvalue weighted by Gasteiger charge is -2.12. The van der Waals surface area contributed by atoms with Gasteiger partial charge >= 0.3 is 11.7 Å². The molecular weight excluding hydrogens is 268 g/mol. The second-order valence-electron chi connectivity index (χ2n) is 3.24. The number of nitrogens with two attached hydrogens (primary N) is 1. The van der Waals surface area contributed by atoms with Crippen LogP contribution < -0.4 is 10.5 Å². The van der Waals surface area contributed by atoms with Crippen LogP contribution in [-0.4, -0.2) is 28.2 Å². The van der Waals surface area contributed by atoms with Gasteiger partial charge in [-0.2, -0.15) is 0 Å². The molecule has 0 bridgehead atoms. The van der Waals surface area contributed by atoms with Crippen LogP contribution in [-0.2, 0) is 4.79 Å². The minimum absolute atomic E-state index is 0.243. The molecule has 1 atom stereocenters. The molecule has 0 saturated carbocycles. The van der Waals surface area contributed by atoms with Crippen molar-refractivity contribution >= 4 is 23.3 Å². The Morgan fingerprint density at radius 1 is 1.67 bits per heavy atom. The zero-order chi connectivity index (χ0) is 14.0. The van der Waals surface area contributed by atoms with Gasteiger partial charge in [-0.25, -0.2) is 0 Å². The molecule has 0 unspecified atom stereocenters. The van der Waals surface area contributed by atoms with Crippen molar-refractivity contribution in [2.75, 3.05) is 7.11 Å². The Labute approximate surface area is 106 Å². The van der Waals surface area contributed by atoms with Crippen LogP contribution in [0.2, 0.25) is 5.02 Å². The number of carboxylic acids is 1. The number of nitrogens with zero attached hydrogens (tertiary/aromatic N) is 1. The highest BCUT2D eigenvalue weighted by Crippen LogP contribution is 2.44. The third kappa shape index (κ3) is 2.29. The Balaban J connectivity index is 3.64. The molecule has 8 nitrogen and oxygen atoms in total. The molecule has 0 aliphatic rings. The summed E-state index contributed by atoms with van der Waals surface area (Å²) in [4.78, 5) is 20.7. The van der Waals surface area contributed by atoms with Gasteiger partial charge in [0.25, 0.3) is 0 Å². The molecule has 0 heterocycles. The van der Waals surface area contributed by atoms with Crippen molar-refractivity contribution in [2.24, 2.45) is 5.73 Å². The lowest BCUT2D eigenvalue weighted by molar-refractivity contribution is -0.386. The van der Waals surface area contributed by atoms with Gasteiger partial charge in [-0.1, -0.05) is 11.6 Å². The van der Waals surface area contributed by atoms with Crippen molar-refractivity contribution in [3.8, 4) is 11.5 Å². The number of rotatable bonds is 4. The van der Waals surface area contributed by atoms with Crippen LogP contribution in [0.5, 0.6) is 11.5 Å². The fraction of sp³-hybridized carbons (Fsp3) is 0.222. The number of carbonyl (C=O) groups is 1. The Morgan fingerprint density at radius 3 is 2.61 bits per heavy atom. The number of hydrogen-bond donors (Lipinski definition) is 3. The highest BCUT2D eigenvalue weighted by molar-refractivity contribution is 6.32. The number of aliphatic carboxylic acids is 1. The Hall–Kier alpha value is -2.06. The van der Waals surface area contributed by atoms with E-state index in [1.165, 1.54) is 7.11 Å². The zero-order valence-electron chi connectivity index (χ0n) is 9.08. The third-order valence-corrected chi connectivity index (χ3v) is 2.52. The number of methoxy groups -OCH3 is 1. The molecule has 1 rings (SSSR count). The van der Waals surface area contributed by atoms with Crippen molar-refractivity contribution < 1.29 is 24.7 Å². The predicted molar refractivity (Wildman–Crippen MR) is 60.9 cm³/mol. The number of benzene rings is 1. The van der Waals surface area contributed by atoms with E-state index in [1.807, 2.05) is 0 Å². The fourth-order valence-corrected chi connectivity index (χ4v) is 1.68. The smallest absolute Gasteiger partial charge is 0.325 e. The summed E-state index contributed by atoms with van der Waals surface area (Å²) in [6.45, 7) is 0. The summed E-state index contributed by atoms with van der Waals surface area (Å²) >= 11 is 5.73. The summed E-state index contributed by atoms with van der Waals surface area (Å²) in [6, 6.07) is -0.670. The maximum absolute atomic E-state index is 10.9. The van der Waals surface area contributed by atoms with Gasteiger partial charge in [0.1, 0.15) is 6.04 Å². The number of nitro groups is 1. The molecule has 0 saturated heterocycles. The molecule has 0 fully saturated rings. The van der Waals surface area contributed by atoms with Crippen LogP contribution in [0.15, 0.2) is 6.07 Å². The molecule has 0 radical (unpaired) electrons. The van der Waals surface area contributed by atoms with Crippen molar-refractivity contribution in [3.63, 3.8) is 0 Å². The molecule has 9 heteroatoms.